The van der Waals surface area contributed by atoms with Crippen LogP contribution in [0.1, 0.15) is 26.3 Å². The molecule has 0 aliphatic carbocycles. The van der Waals surface area contributed by atoms with Crippen LogP contribution >= 0.6 is 0 Å². The molecule has 0 saturated carbocycles. The highest BCUT2D eigenvalue weighted by Gasteiger charge is 2.42. The highest BCUT2D eigenvalue weighted by Crippen LogP contribution is 2.42. The molecule has 0 spiro atoms. The molecular weight excluding hydrogens is 398 g/mol. The van der Waals surface area contributed by atoms with Gasteiger partial charge >= 0.3 is 0 Å². The summed E-state index contributed by atoms with van der Waals surface area (Å²) in [7, 11) is 0. The molecule has 0 bridgehead atoms. The van der Waals surface area contributed by atoms with E-state index in [4.69, 9.17) is 4.74 Å². The summed E-state index contributed by atoms with van der Waals surface area (Å²) in [4.78, 5) is 34.7. The molecule has 0 unspecified atom stereocenters. The van der Waals surface area contributed by atoms with E-state index in [9.17, 15) is 19.8 Å². The Morgan fingerprint density at radius 1 is 0.742 bits per heavy atom. The van der Waals surface area contributed by atoms with Crippen LogP contribution in [0.15, 0.2) is 67.0 Å². The standard InChI is InChI=1S/C23H15N3O5/c27-20-16-17(21(28)19-18(20)24-10-11-25-19)23(30)26(22(16)29)12-13-6-8-15(9-7-13)31-14-4-2-1-3-5-14/h1-11,27-28H,12H2. The first-order chi connectivity index (χ1) is 15.0. The molecule has 0 atom stereocenters. The second-order valence-electron chi connectivity index (χ2n) is 6.96. The van der Waals surface area contributed by atoms with Gasteiger partial charge in [-0.1, -0.05) is 30.3 Å². The Balaban J connectivity index is 1.43. The number of aromatic nitrogens is 2. The normalized spacial score (nSPS) is 13.0. The SMILES string of the molecule is O=C1c2c(c(O)c3nccnc3c2O)C(=O)N1Cc1ccc(Oc2ccccc2)cc1. The topological polar surface area (TPSA) is 113 Å². The maximum Gasteiger partial charge on any atom is 0.265 e. The van der Waals surface area contributed by atoms with Crippen molar-refractivity contribution in [2.24, 2.45) is 0 Å². The van der Waals surface area contributed by atoms with Crippen molar-refractivity contribution in [1.29, 1.82) is 0 Å². The molecule has 1 aromatic heterocycles. The highest BCUT2D eigenvalue weighted by molar-refractivity contribution is 6.26. The molecule has 1 aliphatic rings. The van der Waals surface area contributed by atoms with Crippen LogP contribution in [0.5, 0.6) is 23.0 Å². The summed E-state index contributed by atoms with van der Waals surface area (Å²) in [5.41, 5.74) is 0.0714. The van der Waals surface area contributed by atoms with E-state index in [2.05, 4.69) is 9.97 Å². The van der Waals surface area contributed by atoms with Gasteiger partial charge in [-0.15, -0.1) is 0 Å². The van der Waals surface area contributed by atoms with Crippen molar-refractivity contribution in [2.75, 3.05) is 0 Å². The van der Waals surface area contributed by atoms with Crippen LogP contribution in [-0.2, 0) is 6.54 Å². The number of nitrogens with zero attached hydrogens (tertiary/aromatic N) is 3. The molecule has 8 nitrogen and oxygen atoms in total. The zero-order valence-electron chi connectivity index (χ0n) is 16.0. The number of carbonyl (C=O) groups excluding carboxylic acids is 2. The molecular formula is C23H15N3O5. The van der Waals surface area contributed by atoms with Gasteiger partial charge in [0.15, 0.2) is 11.5 Å². The van der Waals surface area contributed by atoms with E-state index in [0.29, 0.717) is 17.1 Å². The molecule has 152 valence electrons. The zero-order chi connectivity index (χ0) is 21.5. The van der Waals surface area contributed by atoms with Gasteiger partial charge in [0.2, 0.25) is 0 Å². The molecule has 1 aliphatic heterocycles. The number of carbonyl (C=O) groups is 2. The number of ether oxygens (including phenoxy) is 1. The number of hydrogen-bond acceptors (Lipinski definition) is 7. The lowest BCUT2D eigenvalue weighted by Crippen LogP contribution is -2.29. The molecule has 0 fully saturated rings. The summed E-state index contributed by atoms with van der Waals surface area (Å²) in [6.07, 6.45) is 2.65. The molecule has 4 aromatic rings. The van der Waals surface area contributed by atoms with Crippen LogP contribution in [0.25, 0.3) is 11.0 Å². The monoisotopic (exact) mass is 413 g/mol. The Morgan fingerprint density at radius 3 is 1.81 bits per heavy atom. The number of phenolic OH excluding ortho intramolecular Hbond substituents is 2. The Bertz CT molecular complexity index is 1280. The minimum atomic E-state index is -0.704. The van der Waals surface area contributed by atoms with E-state index in [1.807, 2.05) is 30.3 Å². The van der Waals surface area contributed by atoms with Gasteiger partial charge in [-0.25, -0.2) is 9.97 Å². The van der Waals surface area contributed by atoms with E-state index in [1.165, 1.54) is 12.4 Å². The van der Waals surface area contributed by atoms with Gasteiger partial charge in [0, 0.05) is 12.4 Å². The third-order valence-corrected chi connectivity index (χ3v) is 5.03. The molecule has 2 heterocycles. The first kappa shape index (κ1) is 18.6. The van der Waals surface area contributed by atoms with Gasteiger partial charge in [-0.05, 0) is 29.8 Å². The third kappa shape index (κ3) is 3.01. The molecule has 3 aromatic carbocycles. The maximum absolute atomic E-state index is 12.9. The number of hydrogen-bond donors (Lipinski definition) is 2. The van der Waals surface area contributed by atoms with Crippen molar-refractivity contribution < 1.29 is 24.5 Å². The van der Waals surface area contributed by atoms with E-state index < -0.39 is 23.3 Å². The Hall–Kier alpha value is -4.46. The number of amides is 2. The Labute approximate surface area is 176 Å². The van der Waals surface area contributed by atoms with E-state index in [0.717, 1.165) is 4.90 Å². The lowest BCUT2D eigenvalue weighted by Gasteiger charge is -2.14. The van der Waals surface area contributed by atoms with Crippen LogP contribution in [-0.4, -0.2) is 36.9 Å². The number of phenols is 2. The van der Waals surface area contributed by atoms with Gasteiger partial charge in [0.1, 0.15) is 33.7 Å². The second-order valence-corrected chi connectivity index (χ2v) is 6.96. The molecule has 2 N–H and O–H groups in total. The number of para-hydroxylation sites is 1. The van der Waals surface area contributed by atoms with Gasteiger partial charge in [-0.3, -0.25) is 14.5 Å². The number of rotatable bonds is 4. The first-order valence-electron chi connectivity index (χ1n) is 9.41. The molecule has 5 rings (SSSR count). The fourth-order valence-corrected chi connectivity index (χ4v) is 3.55. The largest absolute Gasteiger partial charge is 0.505 e. The number of benzene rings is 3. The number of aromatic hydroxyl groups is 2. The summed E-state index contributed by atoms with van der Waals surface area (Å²) in [5, 5.41) is 21.0. The quantitative estimate of drug-likeness (QED) is 0.388. The molecule has 31 heavy (non-hydrogen) atoms. The average molecular weight is 413 g/mol. The molecule has 0 radical (unpaired) electrons. The van der Waals surface area contributed by atoms with Crippen LogP contribution in [0.3, 0.4) is 0 Å². The van der Waals surface area contributed by atoms with Gasteiger partial charge < -0.3 is 14.9 Å². The molecule has 8 heteroatoms. The van der Waals surface area contributed by atoms with Crippen molar-refractivity contribution in [3.05, 3.63) is 83.7 Å². The Morgan fingerprint density at radius 2 is 1.26 bits per heavy atom. The summed E-state index contributed by atoms with van der Waals surface area (Å²) in [5.74, 6) is -1.05. The number of imide groups is 1. The summed E-state index contributed by atoms with van der Waals surface area (Å²) < 4.78 is 5.74. The predicted molar refractivity (Wildman–Crippen MR) is 110 cm³/mol. The van der Waals surface area contributed by atoms with Gasteiger partial charge in [0.05, 0.1) is 6.54 Å². The average Bonchev–Trinajstić information content (AvgIpc) is 3.04. The van der Waals surface area contributed by atoms with Crippen molar-refractivity contribution >= 4 is 22.8 Å². The van der Waals surface area contributed by atoms with Crippen LogP contribution in [0, 0.1) is 0 Å². The minimum Gasteiger partial charge on any atom is -0.505 e. The lowest BCUT2D eigenvalue weighted by atomic mass is 10.1. The minimum absolute atomic E-state index is 0.0337. The van der Waals surface area contributed by atoms with Crippen LogP contribution < -0.4 is 4.74 Å². The Kier molecular flexibility index (Phi) is 4.25. The van der Waals surface area contributed by atoms with Crippen LogP contribution in [0.4, 0.5) is 0 Å². The van der Waals surface area contributed by atoms with Crippen molar-refractivity contribution in [2.45, 2.75) is 6.54 Å². The smallest absolute Gasteiger partial charge is 0.265 e. The predicted octanol–water partition coefficient (Wildman–Crippen LogP) is 3.63. The number of fused-ring (bicyclic) bond motifs is 2. The van der Waals surface area contributed by atoms with Crippen LogP contribution in [0.2, 0.25) is 0 Å². The van der Waals surface area contributed by atoms with Crippen molar-refractivity contribution in [1.82, 2.24) is 14.9 Å². The molecule has 2 amide bonds. The van der Waals surface area contributed by atoms with E-state index in [1.54, 1.807) is 24.3 Å². The first-order valence-corrected chi connectivity index (χ1v) is 9.41. The van der Waals surface area contributed by atoms with Gasteiger partial charge in [0.25, 0.3) is 11.8 Å². The summed E-state index contributed by atoms with van der Waals surface area (Å²) in [6.45, 7) is -0.0337. The van der Waals surface area contributed by atoms with Crippen molar-refractivity contribution in [3.8, 4) is 23.0 Å². The maximum atomic E-state index is 12.9. The molecule has 0 saturated heterocycles. The highest BCUT2D eigenvalue weighted by atomic mass is 16.5. The van der Waals surface area contributed by atoms with E-state index >= 15 is 0 Å². The second kappa shape index (κ2) is 7.10. The summed E-state index contributed by atoms with van der Waals surface area (Å²) in [6, 6.07) is 16.2. The zero-order valence-corrected chi connectivity index (χ0v) is 16.0. The third-order valence-electron chi connectivity index (χ3n) is 5.03. The lowest BCUT2D eigenvalue weighted by molar-refractivity contribution is 0.0641. The fraction of sp³-hybridized carbons (Fsp3) is 0.0435. The van der Waals surface area contributed by atoms with Gasteiger partial charge in [-0.2, -0.15) is 0 Å². The summed E-state index contributed by atoms with van der Waals surface area (Å²) >= 11 is 0. The van der Waals surface area contributed by atoms with Crippen molar-refractivity contribution in [3.63, 3.8) is 0 Å². The fourth-order valence-electron chi connectivity index (χ4n) is 3.55. The van der Waals surface area contributed by atoms with E-state index in [-0.39, 0.29) is 28.7 Å².